The van der Waals surface area contributed by atoms with E-state index in [1.54, 1.807) is 11.1 Å². The van der Waals surface area contributed by atoms with Gasteiger partial charge in [-0.2, -0.15) is 0 Å². The second-order valence-electron chi connectivity index (χ2n) is 6.10. The highest BCUT2D eigenvalue weighted by Crippen LogP contribution is 2.33. The van der Waals surface area contributed by atoms with Crippen molar-refractivity contribution in [2.45, 2.75) is 18.5 Å². The number of pyridine rings is 1. The minimum atomic E-state index is -0.975. The van der Waals surface area contributed by atoms with Gasteiger partial charge in [0.1, 0.15) is 5.82 Å². The maximum absolute atomic E-state index is 13.2. The predicted octanol–water partition coefficient (Wildman–Crippen LogP) is 2.85. The van der Waals surface area contributed by atoms with Crippen molar-refractivity contribution in [3.05, 3.63) is 54.2 Å². The summed E-state index contributed by atoms with van der Waals surface area (Å²) in [6, 6.07) is 9.18. The van der Waals surface area contributed by atoms with Gasteiger partial charge >= 0.3 is 6.03 Å². The molecule has 2 saturated heterocycles. The van der Waals surface area contributed by atoms with Crippen LogP contribution in [0.1, 0.15) is 6.42 Å². The number of nitrogens with one attached hydrogen (secondary N) is 1. The minimum Gasteiger partial charge on any atom is -0.350 e. The zero-order chi connectivity index (χ0) is 16.7. The van der Waals surface area contributed by atoms with E-state index in [0.29, 0.717) is 6.54 Å². The molecular weight excluding hydrogens is 314 g/mol. The Morgan fingerprint density at radius 3 is 2.67 bits per heavy atom. The van der Waals surface area contributed by atoms with Crippen LogP contribution in [0.25, 0.3) is 0 Å². The third-order valence-corrected chi connectivity index (χ3v) is 4.62. The number of hydrogen-bond donors (Lipinski definition) is 1. The van der Waals surface area contributed by atoms with Crippen molar-refractivity contribution in [3.63, 3.8) is 0 Å². The third-order valence-electron chi connectivity index (χ3n) is 4.62. The van der Waals surface area contributed by atoms with Crippen molar-refractivity contribution in [2.75, 3.05) is 23.3 Å². The van der Waals surface area contributed by atoms with E-state index in [0.717, 1.165) is 30.9 Å². The van der Waals surface area contributed by atoms with Gasteiger partial charge in [-0.1, -0.05) is 6.07 Å². The van der Waals surface area contributed by atoms with Gasteiger partial charge in [0, 0.05) is 31.0 Å². The molecule has 1 N–H and O–H groups in total. The summed E-state index contributed by atoms with van der Waals surface area (Å²) < 4.78 is 26.2. The number of carbonyl (C=O) groups excluding carboxylic acids is 1. The maximum atomic E-state index is 13.2. The Bertz CT molecular complexity index is 770. The summed E-state index contributed by atoms with van der Waals surface area (Å²) in [4.78, 5) is 20.7. The van der Waals surface area contributed by atoms with Crippen molar-refractivity contribution >= 4 is 17.5 Å². The molecule has 2 fully saturated rings. The fourth-order valence-electron chi connectivity index (χ4n) is 3.49. The topological polar surface area (TPSA) is 48.5 Å². The summed E-state index contributed by atoms with van der Waals surface area (Å²) in [5.74, 6) is -0.984. The summed E-state index contributed by atoms with van der Waals surface area (Å²) in [5.41, 5.74) is 0.253. The number of halogens is 2. The molecule has 2 bridgehead atoms. The lowest BCUT2D eigenvalue weighted by atomic mass is 10.2. The predicted molar refractivity (Wildman–Crippen MR) is 85.9 cm³/mol. The number of benzene rings is 1. The van der Waals surface area contributed by atoms with E-state index in [4.69, 9.17) is 0 Å². The summed E-state index contributed by atoms with van der Waals surface area (Å²) in [7, 11) is 0. The standard InChI is InChI=1S/C17H16F2N4O/c18-14-5-4-11(7-15(14)19)21-17(24)23-10-12-8-13(23)9-22(12)16-3-1-2-6-20-16/h1-7,12-13H,8-10H2,(H,21,24)/t12-,13-/m1/s1. The molecule has 0 saturated carbocycles. The van der Waals surface area contributed by atoms with Crippen LogP contribution in [0.4, 0.5) is 25.1 Å². The molecule has 0 radical (unpaired) electrons. The zero-order valence-electron chi connectivity index (χ0n) is 12.8. The summed E-state index contributed by atoms with van der Waals surface area (Å²) in [5, 5.41) is 2.64. The minimum absolute atomic E-state index is 0.0994. The van der Waals surface area contributed by atoms with Gasteiger partial charge in [0.15, 0.2) is 11.6 Å². The summed E-state index contributed by atoms with van der Waals surface area (Å²) in [6.45, 7) is 1.32. The van der Waals surface area contributed by atoms with Crippen LogP contribution in [0.2, 0.25) is 0 Å². The van der Waals surface area contributed by atoms with Gasteiger partial charge in [0.05, 0.1) is 12.1 Å². The van der Waals surface area contributed by atoms with Crippen LogP contribution in [-0.2, 0) is 0 Å². The first-order valence-electron chi connectivity index (χ1n) is 7.82. The number of carbonyl (C=O) groups is 1. The molecule has 124 valence electrons. The van der Waals surface area contributed by atoms with Gasteiger partial charge in [0.2, 0.25) is 0 Å². The lowest BCUT2D eigenvalue weighted by molar-refractivity contribution is 0.202. The monoisotopic (exact) mass is 330 g/mol. The zero-order valence-corrected chi connectivity index (χ0v) is 12.8. The van der Waals surface area contributed by atoms with Gasteiger partial charge in [-0.25, -0.2) is 18.6 Å². The fourth-order valence-corrected chi connectivity index (χ4v) is 3.49. The summed E-state index contributed by atoms with van der Waals surface area (Å²) in [6.07, 6.45) is 2.65. The van der Waals surface area contributed by atoms with Crippen molar-refractivity contribution in [1.82, 2.24) is 9.88 Å². The highest BCUT2D eigenvalue weighted by molar-refractivity contribution is 5.90. The highest BCUT2D eigenvalue weighted by atomic mass is 19.2. The molecule has 2 aromatic rings. The molecule has 2 aliphatic heterocycles. The Hall–Kier alpha value is -2.70. The van der Waals surface area contributed by atoms with Gasteiger partial charge in [-0.3, -0.25) is 0 Å². The van der Waals surface area contributed by atoms with Crippen molar-refractivity contribution in [3.8, 4) is 0 Å². The quantitative estimate of drug-likeness (QED) is 0.921. The Morgan fingerprint density at radius 2 is 2.00 bits per heavy atom. The molecule has 0 unspecified atom stereocenters. The number of piperazine rings is 1. The molecule has 7 heteroatoms. The largest absolute Gasteiger partial charge is 0.350 e. The second-order valence-corrected chi connectivity index (χ2v) is 6.10. The Morgan fingerprint density at radius 1 is 1.12 bits per heavy atom. The number of hydrogen-bond acceptors (Lipinski definition) is 3. The molecule has 0 spiro atoms. The first-order valence-corrected chi connectivity index (χ1v) is 7.82. The number of rotatable bonds is 2. The Kier molecular flexibility index (Phi) is 3.55. The van der Waals surface area contributed by atoms with Gasteiger partial charge in [0.25, 0.3) is 0 Å². The third kappa shape index (κ3) is 2.55. The van der Waals surface area contributed by atoms with Crippen LogP contribution in [0.15, 0.2) is 42.6 Å². The van der Waals surface area contributed by atoms with Gasteiger partial charge in [-0.15, -0.1) is 0 Å². The number of urea groups is 1. The van der Waals surface area contributed by atoms with Gasteiger partial charge in [-0.05, 0) is 30.7 Å². The van der Waals surface area contributed by atoms with Crippen LogP contribution < -0.4 is 10.2 Å². The average molecular weight is 330 g/mol. The number of likely N-dealkylation sites (tertiary alicyclic amines) is 1. The van der Waals surface area contributed by atoms with E-state index in [2.05, 4.69) is 15.2 Å². The number of nitrogens with zero attached hydrogens (tertiary/aromatic N) is 3. The van der Waals surface area contributed by atoms with Crippen molar-refractivity contribution in [2.24, 2.45) is 0 Å². The Labute approximate surface area is 137 Å². The molecule has 2 aliphatic rings. The first-order chi connectivity index (χ1) is 11.6. The fraction of sp³-hybridized carbons (Fsp3) is 0.294. The van der Waals surface area contributed by atoms with Gasteiger partial charge < -0.3 is 15.1 Å². The molecule has 0 aliphatic carbocycles. The van der Waals surface area contributed by atoms with E-state index in [-0.39, 0.29) is 23.8 Å². The molecule has 1 aromatic heterocycles. The number of aromatic nitrogens is 1. The molecule has 5 nitrogen and oxygen atoms in total. The maximum Gasteiger partial charge on any atom is 0.322 e. The number of anilines is 2. The normalized spacial score (nSPS) is 22.1. The van der Waals surface area contributed by atoms with E-state index in [9.17, 15) is 13.6 Å². The van der Waals surface area contributed by atoms with Crippen LogP contribution >= 0.6 is 0 Å². The van der Waals surface area contributed by atoms with E-state index >= 15 is 0 Å². The molecule has 4 rings (SSSR count). The lowest BCUT2D eigenvalue weighted by Gasteiger charge is -2.34. The molecule has 24 heavy (non-hydrogen) atoms. The number of fused-ring (bicyclic) bond motifs is 2. The average Bonchev–Trinajstić information content (AvgIpc) is 3.19. The molecule has 2 amide bonds. The molecule has 3 heterocycles. The van der Waals surface area contributed by atoms with Crippen LogP contribution in [-0.4, -0.2) is 41.1 Å². The molecular formula is C17H16F2N4O. The first kappa shape index (κ1) is 14.9. The van der Waals surface area contributed by atoms with E-state index < -0.39 is 11.6 Å². The van der Waals surface area contributed by atoms with Crippen LogP contribution in [0.3, 0.4) is 0 Å². The molecule has 1 aromatic carbocycles. The lowest BCUT2D eigenvalue weighted by Crippen LogP contribution is -2.50. The van der Waals surface area contributed by atoms with Crippen molar-refractivity contribution in [1.29, 1.82) is 0 Å². The SMILES string of the molecule is O=C(Nc1ccc(F)c(F)c1)N1C[C@H]2C[C@@H]1CN2c1ccccn1. The summed E-state index contributed by atoms with van der Waals surface area (Å²) >= 11 is 0. The Balaban J connectivity index is 1.42. The van der Waals surface area contributed by atoms with Crippen LogP contribution in [0.5, 0.6) is 0 Å². The highest BCUT2D eigenvalue weighted by Gasteiger charge is 2.45. The second kappa shape index (κ2) is 5.74. The van der Waals surface area contributed by atoms with E-state index in [1.807, 2.05) is 18.2 Å². The number of amides is 2. The molecule has 2 atom stereocenters. The smallest absolute Gasteiger partial charge is 0.322 e. The van der Waals surface area contributed by atoms with Crippen molar-refractivity contribution < 1.29 is 13.6 Å². The van der Waals surface area contributed by atoms with E-state index in [1.165, 1.54) is 6.07 Å². The van der Waals surface area contributed by atoms with Crippen LogP contribution in [0, 0.1) is 11.6 Å².